The lowest BCUT2D eigenvalue weighted by molar-refractivity contribution is -0.152. The standard InChI is InChI=1S/C22H22F3N3O4S/c1-13-9-17(10-14(2)18(13)32-21(3,4)19(29)30)33-12-28-20(31)27(11-26-28)16-7-5-15(6-8-16)22(23,24)25/h5-11H,12H2,1-4H3,(H,29,30). The van der Waals surface area contributed by atoms with Gasteiger partial charge in [-0.1, -0.05) is 0 Å². The molecule has 0 bridgehead atoms. The molecule has 0 spiro atoms. The van der Waals surface area contributed by atoms with Crippen LogP contribution in [0.5, 0.6) is 5.75 Å². The van der Waals surface area contributed by atoms with Gasteiger partial charge in [-0.2, -0.15) is 18.3 Å². The molecule has 0 aliphatic carbocycles. The minimum absolute atomic E-state index is 0.173. The van der Waals surface area contributed by atoms with Crippen molar-refractivity contribution in [1.29, 1.82) is 0 Å². The largest absolute Gasteiger partial charge is 0.478 e. The minimum Gasteiger partial charge on any atom is -0.478 e. The number of hydrogen-bond donors (Lipinski definition) is 1. The van der Waals surface area contributed by atoms with Crippen molar-refractivity contribution in [1.82, 2.24) is 14.3 Å². The van der Waals surface area contributed by atoms with Crippen LogP contribution in [0.25, 0.3) is 5.69 Å². The number of thioether (sulfide) groups is 1. The lowest BCUT2D eigenvalue weighted by atomic mass is 10.1. The molecule has 1 aromatic heterocycles. The zero-order valence-electron chi connectivity index (χ0n) is 18.3. The van der Waals surface area contributed by atoms with Crippen LogP contribution in [0.4, 0.5) is 13.2 Å². The number of benzene rings is 2. The predicted octanol–water partition coefficient (Wildman–Crippen LogP) is 4.66. The van der Waals surface area contributed by atoms with Crippen molar-refractivity contribution in [2.24, 2.45) is 0 Å². The Bertz CT molecular complexity index is 1210. The normalized spacial score (nSPS) is 12.1. The van der Waals surface area contributed by atoms with E-state index >= 15 is 0 Å². The van der Waals surface area contributed by atoms with Crippen LogP contribution < -0.4 is 10.4 Å². The van der Waals surface area contributed by atoms with Gasteiger partial charge in [-0.15, -0.1) is 11.8 Å². The Kier molecular flexibility index (Phi) is 6.64. The van der Waals surface area contributed by atoms with Crippen molar-refractivity contribution in [2.45, 2.75) is 50.2 Å². The molecule has 0 atom stereocenters. The number of carbonyl (C=O) groups is 1. The molecule has 0 saturated heterocycles. The first kappa shape index (κ1) is 24.4. The smallest absolute Gasteiger partial charge is 0.416 e. The van der Waals surface area contributed by atoms with E-state index in [0.717, 1.165) is 28.2 Å². The third kappa shape index (κ3) is 5.41. The van der Waals surface area contributed by atoms with E-state index in [1.165, 1.54) is 53.3 Å². The van der Waals surface area contributed by atoms with Crippen LogP contribution in [0.3, 0.4) is 0 Å². The molecule has 3 rings (SSSR count). The van der Waals surface area contributed by atoms with E-state index in [2.05, 4.69) is 5.10 Å². The Morgan fingerprint density at radius 1 is 1.12 bits per heavy atom. The molecule has 3 aromatic rings. The number of halogens is 3. The van der Waals surface area contributed by atoms with Gasteiger partial charge >= 0.3 is 17.8 Å². The quantitative estimate of drug-likeness (QED) is 0.494. The molecule has 0 saturated carbocycles. The summed E-state index contributed by atoms with van der Waals surface area (Å²) in [5.74, 6) is -0.426. The highest BCUT2D eigenvalue weighted by Crippen LogP contribution is 2.33. The number of ether oxygens (including phenoxy) is 1. The monoisotopic (exact) mass is 481 g/mol. The van der Waals surface area contributed by atoms with Gasteiger partial charge in [0.2, 0.25) is 0 Å². The number of carboxylic acids is 1. The van der Waals surface area contributed by atoms with E-state index in [4.69, 9.17) is 4.74 Å². The van der Waals surface area contributed by atoms with Crippen LogP contribution in [0, 0.1) is 13.8 Å². The van der Waals surface area contributed by atoms with Gasteiger partial charge < -0.3 is 9.84 Å². The number of carboxylic acid groups (broad SMARTS) is 1. The molecule has 0 fully saturated rings. The Balaban J connectivity index is 1.75. The lowest BCUT2D eigenvalue weighted by Crippen LogP contribution is -2.38. The molecule has 2 aromatic carbocycles. The Hall–Kier alpha value is -3.21. The highest BCUT2D eigenvalue weighted by Gasteiger charge is 2.31. The second kappa shape index (κ2) is 8.97. The Morgan fingerprint density at radius 2 is 1.70 bits per heavy atom. The fourth-order valence-electron chi connectivity index (χ4n) is 3.00. The fraction of sp³-hybridized carbons (Fsp3) is 0.318. The summed E-state index contributed by atoms with van der Waals surface area (Å²) in [6.07, 6.45) is -3.20. The molecule has 11 heteroatoms. The number of aliphatic carboxylic acids is 1. The molecule has 0 radical (unpaired) electrons. The summed E-state index contributed by atoms with van der Waals surface area (Å²) >= 11 is 1.33. The van der Waals surface area contributed by atoms with Gasteiger partial charge in [-0.25, -0.2) is 18.8 Å². The number of aromatic nitrogens is 3. The van der Waals surface area contributed by atoms with Crippen molar-refractivity contribution in [2.75, 3.05) is 0 Å². The molecule has 1 heterocycles. The van der Waals surface area contributed by atoms with Gasteiger partial charge in [0.1, 0.15) is 12.1 Å². The van der Waals surface area contributed by atoms with Gasteiger partial charge in [0.05, 0.1) is 17.1 Å². The molecule has 7 nitrogen and oxygen atoms in total. The maximum Gasteiger partial charge on any atom is 0.416 e. The molecule has 0 aliphatic rings. The third-order valence-electron chi connectivity index (χ3n) is 4.87. The van der Waals surface area contributed by atoms with Crippen LogP contribution in [0.15, 0.2) is 52.4 Å². The highest BCUT2D eigenvalue weighted by atomic mass is 32.2. The van der Waals surface area contributed by atoms with Crippen LogP contribution in [0.2, 0.25) is 0 Å². The van der Waals surface area contributed by atoms with Crippen molar-refractivity contribution in [3.05, 3.63) is 69.9 Å². The number of nitrogens with zero attached hydrogens (tertiary/aromatic N) is 3. The number of aryl methyl sites for hydroxylation is 2. The van der Waals surface area contributed by atoms with E-state index in [-0.39, 0.29) is 11.6 Å². The van der Waals surface area contributed by atoms with Crippen LogP contribution in [0.1, 0.15) is 30.5 Å². The van der Waals surface area contributed by atoms with Gasteiger partial charge in [0.15, 0.2) is 5.60 Å². The topological polar surface area (TPSA) is 86.4 Å². The zero-order chi connectivity index (χ0) is 24.6. The summed E-state index contributed by atoms with van der Waals surface area (Å²) in [5, 5.41) is 13.3. The fourth-order valence-corrected chi connectivity index (χ4v) is 3.97. The summed E-state index contributed by atoms with van der Waals surface area (Å²) in [7, 11) is 0. The van der Waals surface area contributed by atoms with Gasteiger partial charge in [0.25, 0.3) is 0 Å². The molecule has 176 valence electrons. The van der Waals surface area contributed by atoms with E-state index in [1.807, 2.05) is 12.1 Å². The first-order valence-corrected chi connectivity index (χ1v) is 10.8. The van der Waals surface area contributed by atoms with E-state index < -0.39 is 29.0 Å². The van der Waals surface area contributed by atoms with Gasteiger partial charge in [-0.05, 0) is 75.2 Å². The lowest BCUT2D eigenvalue weighted by Gasteiger charge is -2.24. The van der Waals surface area contributed by atoms with Crippen molar-refractivity contribution >= 4 is 17.7 Å². The molecule has 0 aliphatic heterocycles. The number of alkyl halides is 3. The maximum atomic E-state index is 12.7. The Labute approximate surface area is 191 Å². The summed E-state index contributed by atoms with van der Waals surface area (Å²) in [6.45, 7) is 6.54. The first-order chi connectivity index (χ1) is 15.3. The first-order valence-electron chi connectivity index (χ1n) is 9.78. The van der Waals surface area contributed by atoms with Crippen LogP contribution >= 0.6 is 11.8 Å². The van der Waals surface area contributed by atoms with Gasteiger partial charge in [-0.3, -0.25) is 0 Å². The van der Waals surface area contributed by atoms with Crippen LogP contribution in [-0.4, -0.2) is 31.0 Å². The summed E-state index contributed by atoms with van der Waals surface area (Å²) in [6, 6.07) is 7.90. The molecular weight excluding hydrogens is 459 g/mol. The van der Waals surface area contributed by atoms with E-state index in [1.54, 1.807) is 13.8 Å². The Morgan fingerprint density at radius 3 is 2.21 bits per heavy atom. The highest BCUT2D eigenvalue weighted by molar-refractivity contribution is 7.98. The minimum atomic E-state index is -4.45. The summed E-state index contributed by atoms with van der Waals surface area (Å²) in [4.78, 5) is 24.8. The van der Waals surface area contributed by atoms with Crippen molar-refractivity contribution in [3.8, 4) is 11.4 Å². The number of rotatable bonds is 7. The second-order valence-electron chi connectivity index (χ2n) is 7.90. The maximum absolute atomic E-state index is 12.7. The van der Waals surface area contributed by atoms with Crippen LogP contribution in [-0.2, 0) is 16.8 Å². The third-order valence-corrected chi connectivity index (χ3v) is 5.81. The van der Waals surface area contributed by atoms with E-state index in [9.17, 15) is 27.9 Å². The molecule has 0 unspecified atom stereocenters. The summed E-state index contributed by atoms with van der Waals surface area (Å²) in [5.41, 5.74) is -0.906. The average Bonchev–Trinajstić information content (AvgIpc) is 3.09. The zero-order valence-corrected chi connectivity index (χ0v) is 19.1. The SMILES string of the molecule is Cc1cc(SCn2ncn(-c3ccc(C(F)(F)F)cc3)c2=O)cc(C)c1OC(C)(C)C(=O)O. The average molecular weight is 481 g/mol. The molecule has 1 N–H and O–H groups in total. The summed E-state index contributed by atoms with van der Waals surface area (Å²) < 4.78 is 46.3. The number of hydrogen-bond acceptors (Lipinski definition) is 5. The predicted molar refractivity (Wildman–Crippen MR) is 117 cm³/mol. The molecule has 0 amide bonds. The van der Waals surface area contributed by atoms with Gasteiger partial charge in [0, 0.05) is 4.90 Å². The van der Waals surface area contributed by atoms with Crippen molar-refractivity contribution < 1.29 is 27.8 Å². The van der Waals surface area contributed by atoms with E-state index in [0.29, 0.717) is 5.75 Å². The van der Waals surface area contributed by atoms with Crippen molar-refractivity contribution in [3.63, 3.8) is 0 Å². The molecule has 33 heavy (non-hydrogen) atoms. The second-order valence-corrected chi connectivity index (χ2v) is 8.92. The molecular formula is C22H22F3N3O4S.